The van der Waals surface area contributed by atoms with Gasteiger partial charge in [0.1, 0.15) is 17.3 Å². The van der Waals surface area contributed by atoms with E-state index >= 15 is 0 Å². The van der Waals surface area contributed by atoms with Gasteiger partial charge >= 0.3 is 0 Å². The number of carbonyl (C=O) groups excluding carboxylic acids is 2. The largest absolute Gasteiger partial charge is 0.326 e. The first-order valence-corrected chi connectivity index (χ1v) is 9.30. The number of hydrogen-bond acceptors (Lipinski definition) is 4. The van der Waals surface area contributed by atoms with E-state index in [1.807, 2.05) is 11.6 Å². The van der Waals surface area contributed by atoms with Crippen molar-refractivity contribution in [3.63, 3.8) is 0 Å². The Kier molecular flexibility index (Phi) is 4.62. The van der Waals surface area contributed by atoms with Crippen molar-refractivity contribution in [2.24, 2.45) is 0 Å². The highest BCUT2D eigenvalue weighted by molar-refractivity contribution is 7.15. The van der Waals surface area contributed by atoms with Crippen LogP contribution in [0.2, 0.25) is 0 Å². The molecule has 2 amide bonds. The molecule has 2 aromatic heterocycles. The van der Waals surface area contributed by atoms with Crippen LogP contribution in [0.15, 0.2) is 60.1 Å². The van der Waals surface area contributed by atoms with Crippen molar-refractivity contribution in [1.82, 2.24) is 9.38 Å². The Morgan fingerprint density at radius 1 is 1.11 bits per heavy atom. The zero-order chi connectivity index (χ0) is 19.7. The Morgan fingerprint density at radius 2 is 1.89 bits per heavy atom. The van der Waals surface area contributed by atoms with Crippen LogP contribution in [0.1, 0.15) is 17.3 Å². The number of fused-ring (bicyclic) bond motifs is 1. The predicted octanol–water partition coefficient (Wildman–Crippen LogP) is 4.41. The van der Waals surface area contributed by atoms with E-state index in [-0.39, 0.29) is 17.6 Å². The highest BCUT2D eigenvalue weighted by Crippen LogP contribution is 2.31. The number of imidazole rings is 1. The van der Waals surface area contributed by atoms with Gasteiger partial charge in [0.25, 0.3) is 5.91 Å². The summed E-state index contributed by atoms with van der Waals surface area (Å²) in [5.74, 6) is -0.404. The lowest BCUT2D eigenvalue weighted by atomic mass is 10.1. The fourth-order valence-corrected chi connectivity index (χ4v) is 3.55. The summed E-state index contributed by atoms with van der Waals surface area (Å²) in [6.07, 6.45) is 1.81. The van der Waals surface area contributed by atoms with E-state index in [4.69, 9.17) is 0 Å². The molecule has 2 N–H and O–H groups in total. The quantitative estimate of drug-likeness (QED) is 0.538. The number of benzene rings is 2. The zero-order valence-corrected chi connectivity index (χ0v) is 15.6. The molecular weight excluding hydrogens is 379 g/mol. The summed E-state index contributed by atoms with van der Waals surface area (Å²) in [4.78, 5) is 29.3. The van der Waals surface area contributed by atoms with E-state index in [0.29, 0.717) is 33.3 Å². The molecule has 0 spiro atoms. The fourth-order valence-electron chi connectivity index (χ4n) is 2.84. The molecule has 0 saturated heterocycles. The van der Waals surface area contributed by atoms with Crippen LogP contribution >= 0.6 is 11.3 Å². The second kappa shape index (κ2) is 7.24. The SMILES string of the molecule is CC(=O)Nc1cccc(C(=O)Nc2c(-c3ccc(F)cc3)nc3sccn23)c1. The Labute approximate surface area is 163 Å². The number of anilines is 2. The molecule has 0 unspecified atom stereocenters. The molecule has 0 radical (unpaired) electrons. The van der Waals surface area contributed by atoms with Gasteiger partial charge in [0.15, 0.2) is 4.96 Å². The Hall–Kier alpha value is -3.52. The third-order valence-electron chi connectivity index (χ3n) is 4.06. The molecule has 0 aliphatic rings. The normalized spacial score (nSPS) is 10.8. The number of halogens is 1. The number of nitrogens with zero attached hydrogens (tertiary/aromatic N) is 2. The molecule has 0 saturated carbocycles. The minimum atomic E-state index is -0.344. The molecule has 0 fully saturated rings. The van der Waals surface area contributed by atoms with Gasteiger partial charge in [-0.25, -0.2) is 9.37 Å². The van der Waals surface area contributed by atoms with Crippen LogP contribution in [0.5, 0.6) is 0 Å². The average Bonchev–Trinajstić information content (AvgIpc) is 3.25. The lowest BCUT2D eigenvalue weighted by Gasteiger charge is -2.09. The van der Waals surface area contributed by atoms with Gasteiger partial charge < -0.3 is 10.6 Å². The molecule has 6 nitrogen and oxygen atoms in total. The lowest BCUT2D eigenvalue weighted by Crippen LogP contribution is -2.14. The van der Waals surface area contributed by atoms with Crippen LogP contribution in [0.4, 0.5) is 15.9 Å². The van der Waals surface area contributed by atoms with Crippen LogP contribution < -0.4 is 10.6 Å². The van der Waals surface area contributed by atoms with Crippen LogP contribution in [0.3, 0.4) is 0 Å². The summed E-state index contributed by atoms with van der Waals surface area (Å²) in [7, 11) is 0. The number of amides is 2. The number of rotatable bonds is 4. The monoisotopic (exact) mass is 394 g/mol. The van der Waals surface area contributed by atoms with Gasteiger partial charge in [0.05, 0.1) is 0 Å². The van der Waals surface area contributed by atoms with E-state index in [1.54, 1.807) is 40.8 Å². The first-order chi connectivity index (χ1) is 13.5. The van der Waals surface area contributed by atoms with Gasteiger partial charge in [-0.1, -0.05) is 6.07 Å². The minimum Gasteiger partial charge on any atom is -0.326 e. The molecule has 28 heavy (non-hydrogen) atoms. The minimum absolute atomic E-state index is 0.216. The van der Waals surface area contributed by atoms with E-state index in [0.717, 1.165) is 0 Å². The second-order valence-electron chi connectivity index (χ2n) is 6.09. The maximum absolute atomic E-state index is 13.3. The third-order valence-corrected chi connectivity index (χ3v) is 4.81. The van der Waals surface area contributed by atoms with E-state index < -0.39 is 0 Å². The summed E-state index contributed by atoms with van der Waals surface area (Å²) in [5, 5.41) is 7.41. The van der Waals surface area contributed by atoms with Crippen molar-refractivity contribution in [2.45, 2.75) is 6.92 Å². The standard InChI is InChI=1S/C20H15FN4O2S/c1-12(26)22-16-4-2-3-14(11-16)19(27)24-18-17(13-5-7-15(21)8-6-13)23-20-25(18)9-10-28-20/h2-11H,1H3,(H,22,26)(H,24,27). The van der Waals surface area contributed by atoms with Crippen LogP contribution in [-0.2, 0) is 4.79 Å². The molecule has 2 aromatic carbocycles. The van der Waals surface area contributed by atoms with Gasteiger partial charge in [-0.05, 0) is 42.5 Å². The van der Waals surface area contributed by atoms with Crippen LogP contribution in [0.25, 0.3) is 16.2 Å². The average molecular weight is 394 g/mol. The first-order valence-electron chi connectivity index (χ1n) is 8.42. The molecule has 8 heteroatoms. The molecule has 0 atom stereocenters. The number of carbonyl (C=O) groups is 2. The van der Waals surface area contributed by atoms with Crippen molar-refractivity contribution in [3.8, 4) is 11.3 Å². The smallest absolute Gasteiger partial charge is 0.256 e. The van der Waals surface area contributed by atoms with Crippen LogP contribution in [0, 0.1) is 5.82 Å². The number of nitrogens with one attached hydrogen (secondary N) is 2. The highest BCUT2D eigenvalue weighted by atomic mass is 32.1. The number of hydrogen-bond donors (Lipinski definition) is 2. The Balaban J connectivity index is 1.70. The molecule has 0 bridgehead atoms. The van der Waals surface area contributed by atoms with Gasteiger partial charge in [-0.2, -0.15) is 0 Å². The number of thiazole rings is 1. The molecular formula is C20H15FN4O2S. The van der Waals surface area contributed by atoms with Crippen molar-refractivity contribution < 1.29 is 14.0 Å². The van der Waals surface area contributed by atoms with Gasteiger partial charge in [0, 0.05) is 35.3 Å². The van der Waals surface area contributed by atoms with Crippen LogP contribution in [-0.4, -0.2) is 21.2 Å². The van der Waals surface area contributed by atoms with E-state index in [9.17, 15) is 14.0 Å². The number of aromatic nitrogens is 2. The third kappa shape index (κ3) is 3.49. The first kappa shape index (κ1) is 17.9. The Morgan fingerprint density at radius 3 is 2.64 bits per heavy atom. The highest BCUT2D eigenvalue weighted by Gasteiger charge is 2.18. The molecule has 140 valence electrons. The zero-order valence-electron chi connectivity index (χ0n) is 14.8. The molecule has 0 aliphatic heterocycles. The summed E-state index contributed by atoms with van der Waals surface area (Å²) in [5.41, 5.74) is 2.17. The molecule has 4 aromatic rings. The lowest BCUT2D eigenvalue weighted by molar-refractivity contribution is -0.114. The summed E-state index contributed by atoms with van der Waals surface area (Å²) in [6, 6.07) is 12.6. The van der Waals surface area contributed by atoms with Crippen molar-refractivity contribution in [2.75, 3.05) is 10.6 Å². The summed E-state index contributed by atoms with van der Waals surface area (Å²) < 4.78 is 15.1. The van der Waals surface area contributed by atoms with Crippen molar-refractivity contribution in [1.29, 1.82) is 0 Å². The summed E-state index contributed by atoms with van der Waals surface area (Å²) in [6.45, 7) is 1.40. The van der Waals surface area contributed by atoms with Gasteiger partial charge in [-0.15, -0.1) is 11.3 Å². The Bertz CT molecular complexity index is 1180. The van der Waals surface area contributed by atoms with Gasteiger partial charge in [-0.3, -0.25) is 14.0 Å². The maximum Gasteiger partial charge on any atom is 0.256 e. The van der Waals surface area contributed by atoms with E-state index in [2.05, 4.69) is 15.6 Å². The second-order valence-corrected chi connectivity index (χ2v) is 6.96. The molecule has 4 rings (SSSR count). The van der Waals surface area contributed by atoms with Crippen molar-refractivity contribution >= 4 is 39.6 Å². The molecule has 2 heterocycles. The van der Waals surface area contributed by atoms with Gasteiger partial charge in [0.2, 0.25) is 5.91 Å². The fraction of sp³-hybridized carbons (Fsp3) is 0.0500. The maximum atomic E-state index is 13.3. The topological polar surface area (TPSA) is 75.5 Å². The molecule has 0 aliphatic carbocycles. The van der Waals surface area contributed by atoms with E-state index in [1.165, 1.54) is 30.4 Å². The van der Waals surface area contributed by atoms with Crippen molar-refractivity contribution in [3.05, 3.63) is 71.5 Å². The summed E-state index contributed by atoms with van der Waals surface area (Å²) >= 11 is 1.43. The predicted molar refractivity (Wildman–Crippen MR) is 107 cm³/mol.